The standard InChI is InChI=1S/C14H20ClFN2/c1-2-18(12-4-3-7-17-9-12)10-11-5-6-14(16)13(15)8-11/h5-6,8,12,17H,2-4,7,9-10H2,1H3. The summed E-state index contributed by atoms with van der Waals surface area (Å²) >= 11 is 5.82. The minimum atomic E-state index is -0.345. The molecular formula is C14H20ClFN2. The van der Waals surface area contributed by atoms with Gasteiger partial charge in [0.15, 0.2) is 0 Å². The lowest BCUT2D eigenvalue weighted by atomic mass is 10.0. The van der Waals surface area contributed by atoms with Crippen molar-refractivity contribution in [3.8, 4) is 0 Å². The number of nitrogens with zero attached hydrogens (tertiary/aromatic N) is 1. The van der Waals surface area contributed by atoms with Crippen molar-refractivity contribution < 1.29 is 4.39 Å². The van der Waals surface area contributed by atoms with Crippen molar-refractivity contribution in [3.63, 3.8) is 0 Å². The first-order valence-electron chi connectivity index (χ1n) is 6.59. The van der Waals surface area contributed by atoms with Crippen molar-refractivity contribution in [3.05, 3.63) is 34.6 Å². The van der Waals surface area contributed by atoms with E-state index in [0.717, 1.165) is 31.7 Å². The van der Waals surface area contributed by atoms with E-state index in [1.165, 1.54) is 18.9 Å². The molecule has 1 aliphatic rings. The number of likely N-dealkylation sites (N-methyl/N-ethyl adjacent to an activating group) is 1. The Morgan fingerprint density at radius 3 is 2.94 bits per heavy atom. The highest BCUT2D eigenvalue weighted by molar-refractivity contribution is 6.30. The van der Waals surface area contributed by atoms with Crippen LogP contribution < -0.4 is 5.32 Å². The quantitative estimate of drug-likeness (QED) is 0.905. The zero-order valence-corrected chi connectivity index (χ0v) is 11.5. The van der Waals surface area contributed by atoms with Gasteiger partial charge in [0.25, 0.3) is 0 Å². The van der Waals surface area contributed by atoms with Crippen LogP contribution >= 0.6 is 11.6 Å². The summed E-state index contributed by atoms with van der Waals surface area (Å²) in [4.78, 5) is 2.43. The van der Waals surface area contributed by atoms with Crippen LogP contribution in [0.5, 0.6) is 0 Å². The highest BCUT2D eigenvalue weighted by atomic mass is 35.5. The van der Waals surface area contributed by atoms with Gasteiger partial charge in [0.05, 0.1) is 5.02 Å². The Morgan fingerprint density at radius 1 is 1.50 bits per heavy atom. The first kappa shape index (κ1) is 13.8. The summed E-state index contributed by atoms with van der Waals surface area (Å²) in [7, 11) is 0. The smallest absolute Gasteiger partial charge is 0.141 e. The van der Waals surface area contributed by atoms with Gasteiger partial charge >= 0.3 is 0 Å². The predicted octanol–water partition coefficient (Wildman–Crippen LogP) is 3.05. The lowest BCUT2D eigenvalue weighted by molar-refractivity contribution is 0.166. The molecule has 0 aliphatic carbocycles. The molecule has 1 aliphatic heterocycles. The maximum Gasteiger partial charge on any atom is 0.141 e. The van der Waals surface area contributed by atoms with Crippen molar-refractivity contribution in [2.45, 2.75) is 32.4 Å². The van der Waals surface area contributed by atoms with Crippen molar-refractivity contribution in [2.24, 2.45) is 0 Å². The minimum absolute atomic E-state index is 0.213. The lowest BCUT2D eigenvalue weighted by Gasteiger charge is -2.34. The molecule has 1 aromatic rings. The summed E-state index contributed by atoms with van der Waals surface area (Å²) in [5.41, 5.74) is 1.08. The number of piperidine rings is 1. The van der Waals surface area contributed by atoms with Crippen LogP contribution in [0.4, 0.5) is 4.39 Å². The Morgan fingerprint density at radius 2 is 2.33 bits per heavy atom. The van der Waals surface area contributed by atoms with Crippen LogP contribution in [0.15, 0.2) is 18.2 Å². The zero-order valence-electron chi connectivity index (χ0n) is 10.8. The molecule has 2 nitrogen and oxygen atoms in total. The summed E-state index contributed by atoms with van der Waals surface area (Å²) in [5.74, 6) is -0.345. The number of rotatable bonds is 4. The van der Waals surface area contributed by atoms with E-state index in [-0.39, 0.29) is 10.8 Å². The Bertz CT molecular complexity index is 391. The van der Waals surface area contributed by atoms with Crippen LogP contribution in [0, 0.1) is 5.82 Å². The van der Waals surface area contributed by atoms with E-state index in [0.29, 0.717) is 6.04 Å². The molecule has 2 rings (SSSR count). The maximum atomic E-state index is 13.1. The molecule has 1 unspecified atom stereocenters. The monoisotopic (exact) mass is 270 g/mol. The SMILES string of the molecule is CCN(Cc1ccc(F)c(Cl)c1)C1CCCNC1. The van der Waals surface area contributed by atoms with Gasteiger partial charge in [-0.2, -0.15) is 0 Å². The Kier molecular flexibility index (Phi) is 4.98. The van der Waals surface area contributed by atoms with E-state index in [1.807, 2.05) is 6.07 Å². The fourth-order valence-corrected chi connectivity index (χ4v) is 2.72. The van der Waals surface area contributed by atoms with Gasteiger partial charge in [-0.25, -0.2) is 4.39 Å². The van der Waals surface area contributed by atoms with Crippen LogP contribution in [-0.2, 0) is 6.54 Å². The molecule has 0 saturated carbocycles. The molecule has 1 N–H and O–H groups in total. The zero-order chi connectivity index (χ0) is 13.0. The lowest BCUT2D eigenvalue weighted by Crippen LogP contribution is -2.45. The van der Waals surface area contributed by atoms with E-state index < -0.39 is 0 Å². The minimum Gasteiger partial charge on any atom is -0.315 e. The van der Waals surface area contributed by atoms with Gasteiger partial charge < -0.3 is 5.32 Å². The summed E-state index contributed by atoms with van der Waals surface area (Å²) in [6, 6.07) is 5.58. The van der Waals surface area contributed by atoms with E-state index in [1.54, 1.807) is 6.07 Å². The molecule has 1 aromatic carbocycles. The third kappa shape index (κ3) is 3.44. The highest BCUT2D eigenvalue weighted by Crippen LogP contribution is 2.19. The fourth-order valence-electron chi connectivity index (χ4n) is 2.52. The van der Waals surface area contributed by atoms with E-state index in [2.05, 4.69) is 17.1 Å². The summed E-state index contributed by atoms with van der Waals surface area (Å²) < 4.78 is 13.1. The molecule has 0 aromatic heterocycles. The second-order valence-corrected chi connectivity index (χ2v) is 5.22. The summed E-state index contributed by atoms with van der Waals surface area (Å²) in [6.45, 7) is 6.17. The number of hydrogen-bond donors (Lipinski definition) is 1. The van der Waals surface area contributed by atoms with E-state index in [9.17, 15) is 4.39 Å². The molecule has 0 spiro atoms. The van der Waals surface area contributed by atoms with Crippen LogP contribution in [0.3, 0.4) is 0 Å². The molecule has 1 fully saturated rings. The average molecular weight is 271 g/mol. The van der Waals surface area contributed by atoms with Crippen LogP contribution in [0.1, 0.15) is 25.3 Å². The largest absolute Gasteiger partial charge is 0.315 e. The summed E-state index contributed by atoms with van der Waals surface area (Å²) in [6.07, 6.45) is 2.46. The molecule has 0 amide bonds. The first-order valence-corrected chi connectivity index (χ1v) is 6.97. The van der Waals surface area contributed by atoms with Crippen molar-refractivity contribution >= 4 is 11.6 Å². The normalized spacial score (nSPS) is 20.3. The second kappa shape index (κ2) is 6.50. The van der Waals surface area contributed by atoms with Gasteiger partial charge in [0, 0.05) is 19.1 Å². The van der Waals surface area contributed by atoms with E-state index >= 15 is 0 Å². The fraction of sp³-hybridized carbons (Fsp3) is 0.571. The molecule has 1 atom stereocenters. The molecule has 18 heavy (non-hydrogen) atoms. The third-order valence-corrected chi connectivity index (χ3v) is 3.85. The van der Waals surface area contributed by atoms with Crippen LogP contribution in [0.2, 0.25) is 5.02 Å². The molecule has 1 heterocycles. The summed E-state index contributed by atoms with van der Waals surface area (Å²) in [5, 5.41) is 3.64. The van der Waals surface area contributed by atoms with Crippen molar-refractivity contribution in [1.82, 2.24) is 10.2 Å². The molecular weight excluding hydrogens is 251 g/mol. The van der Waals surface area contributed by atoms with Gasteiger partial charge in [-0.15, -0.1) is 0 Å². The van der Waals surface area contributed by atoms with Crippen molar-refractivity contribution in [2.75, 3.05) is 19.6 Å². The number of halogens is 2. The number of benzene rings is 1. The van der Waals surface area contributed by atoms with E-state index in [4.69, 9.17) is 11.6 Å². The van der Waals surface area contributed by atoms with Crippen LogP contribution in [0.25, 0.3) is 0 Å². The second-order valence-electron chi connectivity index (χ2n) is 4.81. The van der Waals surface area contributed by atoms with Crippen LogP contribution in [-0.4, -0.2) is 30.6 Å². The Hall–Kier alpha value is -0.640. The predicted molar refractivity (Wildman–Crippen MR) is 73.4 cm³/mol. The molecule has 100 valence electrons. The van der Waals surface area contributed by atoms with Gasteiger partial charge in [0.2, 0.25) is 0 Å². The van der Waals surface area contributed by atoms with Gasteiger partial charge in [-0.05, 0) is 43.6 Å². The molecule has 1 saturated heterocycles. The Labute approximate surface area is 113 Å². The molecule has 0 bridgehead atoms. The van der Waals surface area contributed by atoms with Gasteiger partial charge in [-0.1, -0.05) is 24.6 Å². The highest BCUT2D eigenvalue weighted by Gasteiger charge is 2.19. The number of nitrogens with one attached hydrogen (secondary N) is 1. The molecule has 4 heteroatoms. The molecule has 0 radical (unpaired) electrons. The first-order chi connectivity index (χ1) is 8.70. The van der Waals surface area contributed by atoms with Gasteiger partial charge in [0.1, 0.15) is 5.82 Å². The maximum absolute atomic E-state index is 13.1. The topological polar surface area (TPSA) is 15.3 Å². The van der Waals surface area contributed by atoms with Gasteiger partial charge in [-0.3, -0.25) is 4.90 Å². The Balaban J connectivity index is 2.02. The third-order valence-electron chi connectivity index (χ3n) is 3.56. The average Bonchev–Trinajstić information content (AvgIpc) is 2.41. The number of hydrogen-bond acceptors (Lipinski definition) is 2. The van der Waals surface area contributed by atoms with Crippen molar-refractivity contribution in [1.29, 1.82) is 0 Å².